The number of hydrogen-bond donors (Lipinski definition) is 2. The van der Waals surface area contributed by atoms with Crippen LogP contribution in [0.5, 0.6) is 0 Å². The SMILES string of the molecule is Cc1ccc(C(=O)N[C@H](C(=O)NC2CCS(=O)(=O)c3ccccc32)C(C)C)cc1. The van der Waals surface area contributed by atoms with Crippen molar-refractivity contribution in [3.05, 3.63) is 65.2 Å². The molecule has 0 saturated heterocycles. The van der Waals surface area contributed by atoms with Crippen LogP contribution in [-0.4, -0.2) is 32.0 Å². The molecule has 0 radical (unpaired) electrons. The van der Waals surface area contributed by atoms with Gasteiger partial charge in [-0.25, -0.2) is 8.42 Å². The second-order valence-corrected chi connectivity index (χ2v) is 9.85. The molecule has 154 valence electrons. The first-order chi connectivity index (χ1) is 13.7. The third kappa shape index (κ3) is 4.67. The van der Waals surface area contributed by atoms with Crippen molar-refractivity contribution in [2.45, 2.75) is 44.2 Å². The molecule has 0 bridgehead atoms. The highest BCUT2D eigenvalue weighted by atomic mass is 32.2. The Morgan fingerprint density at radius 1 is 1.03 bits per heavy atom. The maximum Gasteiger partial charge on any atom is 0.251 e. The predicted octanol–water partition coefficient (Wildman–Crippen LogP) is 2.78. The largest absolute Gasteiger partial charge is 0.347 e. The molecule has 29 heavy (non-hydrogen) atoms. The van der Waals surface area contributed by atoms with Gasteiger partial charge < -0.3 is 10.6 Å². The van der Waals surface area contributed by atoms with Gasteiger partial charge in [0.2, 0.25) is 5.91 Å². The highest BCUT2D eigenvalue weighted by molar-refractivity contribution is 7.91. The summed E-state index contributed by atoms with van der Waals surface area (Å²) >= 11 is 0. The summed E-state index contributed by atoms with van der Waals surface area (Å²) in [5.74, 6) is -0.784. The second-order valence-electron chi connectivity index (χ2n) is 7.77. The molecule has 7 heteroatoms. The van der Waals surface area contributed by atoms with Crippen LogP contribution in [0.4, 0.5) is 0 Å². The van der Waals surface area contributed by atoms with Crippen LogP contribution in [0.3, 0.4) is 0 Å². The second kappa shape index (κ2) is 8.37. The molecule has 2 aromatic carbocycles. The van der Waals surface area contributed by atoms with E-state index < -0.39 is 21.9 Å². The lowest BCUT2D eigenvalue weighted by atomic mass is 9.99. The van der Waals surface area contributed by atoms with E-state index in [0.29, 0.717) is 17.5 Å². The summed E-state index contributed by atoms with van der Waals surface area (Å²) < 4.78 is 24.6. The van der Waals surface area contributed by atoms with E-state index >= 15 is 0 Å². The van der Waals surface area contributed by atoms with E-state index in [0.717, 1.165) is 5.56 Å². The normalized spacial score (nSPS) is 18.6. The van der Waals surface area contributed by atoms with Gasteiger partial charge in [-0.15, -0.1) is 0 Å². The molecule has 0 saturated carbocycles. The molecule has 1 aliphatic heterocycles. The maximum atomic E-state index is 13.0. The zero-order valence-electron chi connectivity index (χ0n) is 16.8. The fraction of sp³-hybridized carbons (Fsp3) is 0.364. The summed E-state index contributed by atoms with van der Waals surface area (Å²) in [6, 6.07) is 12.8. The quantitative estimate of drug-likeness (QED) is 0.787. The Labute approximate surface area is 171 Å². The van der Waals surface area contributed by atoms with Crippen LogP contribution in [0.2, 0.25) is 0 Å². The van der Waals surface area contributed by atoms with E-state index in [1.807, 2.05) is 32.9 Å². The van der Waals surface area contributed by atoms with Gasteiger partial charge in [0.05, 0.1) is 16.7 Å². The average molecular weight is 415 g/mol. The summed E-state index contributed by atoms with van der Waals surface area (Å²) in [4.78, 5) is 25.8. The van der Waals surface area contributed by atoms with Crippen LogP contribution in [0.1, 0.15) is 47.8 Å². The van der Waals surface area contributed by atoms with E-state index in [9.17, 15) is 18.0 Å². The molecule has 2 amide bonds. The summed E-state index contributed by atoms with van der Waals surface area (Å²) in [6.07, 6.45) is 0.307. The lowest BCUT2D eigenvalue weighted by molar-refractivity contribution is -0.124. The highest BCUT2D eigenvalue weighted by Crippen LogP contribution is 2.32. The Bertz CT molecular complexity index is 1010. The molecule has 0 fully saturated rings. The van der Waals surface area contributed by atoms with Crippen molar-refractivity contribution in [2.75, 3.05) is 5.75 Å². The number of carbonyl (C=O) groups is 2. The van der Waals surface area contributed by atoms with Crippen LogP contribution in [0.15, 0.2) is 53.4 Å². The van der Waals surface area contributed by atoms with Gasteiger partial charge in [-0.3, -0.25) is 9.59 Å². The third-order valence-electron chi connectivity index (χ3n) is 5.17. The minimum Gasteiger partial charge on any atom is -0.347 e. The molecule has 3 rings (SSSR count). The Kier molecular flexibility index (Phi) is 6.07. The van der Waals surface area contributed by atoms with Crippen molar-refractivity contribution < 1.29 is 18.0 Å². The molecule has 0 aliphatic carbocycles. The highest BCUT2D eigenvalue weighted by Gasteiger charge is 2.33. The van der Waals surface area contributed by atoms with Crippen molar-refractivity contribution in [2.24, 2.45) is 5.92 Å². The summed E-state index contributed by atoms with van der Waals surface area (Å²) in [5.41, 5.74) is 2.13. The summed E-state index contributed by atoms with van der Waals surface area (Å²) in [7, 11) is -3.33. The van der Waals surface area contributed by atoms with Crippen LogP contribution in [0.25, 0.3) is 0 Å². The average Bonchev–Trinajstić information content (AvgIpc) is 2.68. The number of sulfone groups is 1. The topological polar surface area (TPSA) is 92.3 Å². The van der Waals surface area contributed by atoms with Gasteiger partial charge in [0.1, 0.15) is 6.04 Å². The molecule has 6 nitrogen and oxygen atoms in total. The number of hydrogen-bond acceptors (Lipinski definition) is 4. The van der Waals surface area contributed by atoms with Crippen LogP contribution in [0, 0.1) is 12.8 Å². The molecule has 1 unspecified atom stereocenters. The van der Waals surface area contributed by atoms with Crippen molar-refractivity contribution in [1.29, 1.82) is 0 Å². The molecule has 1 heterocycles. The number of rotatable bonds is 5. The molecule has 0 aromatic heterocycles. The number of amides is 2. The summed E-state index contributed by atoms with van der Waals surface area (Å²) in [5, 5.41) is 5.75. The lowest BCUT2D eigenvalue weighted by Crippen LogP contribution is -2.51. The Morgan fingerprint density at radius 3 is 2.34 bits per heavy atom. The molecular formula is C22H26N2O4S. The standard InChI is InChI=1S/C22H26N2O4S/c1-14(2)20(24-21(25)16-10-8-15(3)9-11-16)22(26)23-18-12-13-29(27,28)19-7-5-4-6-17(18)19/h4-11,14,18,20H,12-13H2,1-3H3,(H,23,26)(H,24,25)/t18?,20-/m0/s1. The van der Waals surface area contributed by atoms with E-state index in [1.54, 1.807) is 36.4 Å². The van der Waals surface area contributed by atoms with Crippen LogP contribution < -0.4 is 10.6 Å². The number of nitrogens with one attached hydrogen (secondary N) is 2. The first kappa shape index (κ1) is 21.0. The minimum atomic E-state index is -3.33. The summed E-state index contributed by atoms with van der Waals surface area (Å²) in [6.45, 7) is 5.66. The Balaban J connectivity index is 1.77. The van der Waals surface area contributed by atoms with Gasteiger partial charge in [-0.2, -0.15) is 0 Å². The minimum absolute atomic E-state index is 0.0168. The van der Waals surface area contributed by atoms with Crippen molar-refractivity contribution in [3.63, 3.8) is 0 Å². The molecule has 2 aromatic rings. The molecule has 0 spiro atoms. The Morgan fingerprint density at radius 2 is 1.69 bits per heavy atom. The van der Waals surface area contributed by atoms with Crippen LogP contribution >= 0.6 is 0 Å². The molecule has 2 N–H and O–H groups in total. The van der Waals surface area contributed by atoms with Crippen molar-refractivity contribution in [1.82, 2.24) is 10.6 Å². The molecule has 2 atom stereocenters. The van der Waals surface area contributed by atoms with E-state index in [1.165, 1.54) is 0 Å². The van der Waals surface area contributed by atoms with Gasteiger partial charge >= 0.3 is 0 Å². The number of fused-ring (bicyclic) bond motifs is 1. The van der Waals surface area contributed by atoms with Gasteiger partial charge in [-0.1, -0.05) is 49.7 Å². The monoisotopic (exact) mass is 414 g/mol. The fourth-order valence-corrected chi connectivity index (χ4v) is 5.09. The molecular weight excluding hydrogens is 388 g/mol. The van der Waals surface area contributed by atoms with E-state index in [4.69, 9.17) is 0 Å². The number of benzene rings is 2. The van der Waals surface area contributed by atoms with E-state index in [2.05, 4.69) is 10.6 Å². The van der Waals surface area contributed by atoms with Crippen molar-refractivity contribution in [3.8, 4) is 0 Å². The zero-order chi connectivity index (χ0) is 21.2. The van der Waals surface area contributed by atoms with Crippen LogP contribution in [-0.2, 0) is 14.6 Å². The number of aryl methyl sites for hydroxylation is 1. The zero-order valence-corrected chi connectivity index (χ0v) is 17.6. The maximum absolute atomic E-state index is 13.0. The van der Waals surface area contributed by atoms with Gasteiger partial charge in [0.15, 0.2) is 9.84 Å². The van der Waals surface area contributed by atoms with Gasteiger partial charge in [0.25, 0.3) is 5.91 Å². The molecule has 1 aliphatic rings. The first-order valence-electron chi connectivity index (χ1n) is 9.68. The third-order valence-corrected chi connectivity index (χ3v) is 6.99. The van der Waals surface area contributed by atoms with Gasteiger partial charge in [-0.05, 0) is 43.0 Å². The number of carbonyl (C=O) groups excluding carboxylic acids is 2. The Hall–Kier alpha value is -2.67. The van der Waals surface area contributed by atoms with Gasteiger partial charge in [0, 0.05) is 5.56 Å². The first-order valence-corrected chi connectivity index (χ1v) is 11.3. The predicted molar refractivity (Wildman–Crippen MR) is 111 cm³/mol. The van der Waals surface area contributed by atoms with Crippen molar-refractivity contribution >= 4 is 21.7 Å². The fourth-order valence-electron chi connectivity index (χ4n) is 3.47. The smallest absolute Gasteiger partial charge is 0.251 e. The lowest BCUT2D eigenvalue weighted by Gasteiger charge is -2.29. The van der Waals surface area contributed by atoms with E-state index in [-0.39, 0.29) is 28.4 Å².